The maximum absolute atomic E-state index is 10.9. The number of aromatic carboxylic acids is 1. The van der Waals surface area contributed by atoms with Crippen molar-refractivity contribution in [2.75, 3.05) is 18.5 Å². The molecule has 0 spiro atoms. The average molecular weight is 290 g/mol. The van der Waals surface area contributed by atoms with E-state index in [1.165, 1.54) is 25.0 Å². The van der Waals surface area contributed by atoms with Crippen molar-refractivity contribution in [1.29, 1.82) is 0 Å². The number of aromatic nitrogens is 1. The van der Waals surface area contributed by atoms with Crippen LogP contribution in [0.3, 0.4) is 0 Å². The first-order valence-electron chi connectivity index (χ1n) is 7.22. The van der Waals surface area contributed by atoms with E-state index in [9.17, 15) is 4.79 Å². The molecule has 1 aromatic heterocycles. The van der Waals surface area contributed by atoms with Crippen molar-refractivity contribution in [1.82, 2.24) is 4.98 Å². The first-order valence-corrected chi connectivity index (χ1v) is 7.22. The quantitative estimate of drug-likeness (QED) is 0.796. The molecule has 0 radical (unpaired) electrons. The summed E-state index contributed by atoms with van der Waals surface area (Å²) < 4.78 is 11.2. The van der Waals surface area contributed by atoms with E-state index in [1.807, 2.05) is 0 Å². The molecule has 0 aliphatic heterocycles. The number of hydrogen-bond acceptors (Lipinski definition) is 5. The van der Waals surface area contributed by atoms with E-state index in [4.69, 9.17) is 14.3 Å². The van der Waals surface area contributed by atoms with Gasteiger partial charge in [0, 0.05) is 6.54 Å². The molecule has 1 heterocycles. The monoisotopic (exact) mass is 290 g/mol. The molecule has 112 valence electrons. The average Bonchev–Trinajstić information content (AvgIpc) is 3.11. The first kappa shape index (κ1) is 13.9. The van der Waals surface area contributed by atoms with Gasteiger partial charge in [-0.25, -0.2) is 4.79 Å². The normalized spacial score (nSPS) is 15.6. The van der Waals surface area contributed by atoms with Crippen LogP contribution in [0.15, 0.2) is 22.6 Å². The van der Waals surface area contributed by atoms with Crippen LogP contribution >= 0.6 is 0 Å². The predicted octanol–water partition coefficient (Wildman–Crippen LogP) is 2.90. The molecule has 0 amide bonds. The van der Waals surface area contributed by atoms with E-state index >= 15 is 0 Å². The van der Waals surface area contributed by atoms with Gasteiger partial charge in [-0.15, -0.1) is 0 Å². The number of ether oxygens (including phenoxy) is 1. The smallest absolute Gasteiger partial charge is 0.335 e. The van der Waals surface area contributed by atoms with E-state index in [-0.39, 0.29) is 5.56 Å². The molecule has 2 aromatic rings. The van der Waals surface area contributed by atoms with E-state index < -0.39 is 5.97 Å². The molecule has 0 saturated heterocycles. The zero-order valence-electron chi connectivity index (χ0n) is 11.7. The van der Waals surface area contributed by atoms with Crippen molar-refractivity contribution in [3.8, 4) is 0 Å². The van der Waals surface area contributed by atoms with Crippen LogP contribution in [-0.4, -0.2) is 35.3 Å². The van der Waals surface area contributed by atoms with Crippen LogP contribution in [0.4, 0.5) is 6.01 Å². The van der Waals surface area contributed by atoms with Crippen LogP contribution in [0.2, 0.25) is 0 Å². The number of nitrogens with zero attached hydrogens (tertiary/aromatic N) is 1. The fourth-order valence-corrected chi connectivity index (χ4v) is 2.57. The largest absolute Gasteiger partial charge is 0.478 e. The molecular formula is C15H18N2O4. The third-order valence-electron chi connectivity index (χ3n) is 3.67. The van der Waals surface area contributed by atoms with Gasteiger partial charge in [0.1, 0.15) is 5.52 Å². The Kier molecular flexibility index (Phi) is 4.06. The standard InChI is InChI=1S/C15H18N2O4/c18-14(19)10-5-6-12-13(9-10)21-15(17-12)16-7-8-20-11-3-1-2-4-11/h5-6,9,11H,1-4,7-8H2,(H,16,17)(H,18,19). The van der Waals surface area contributed by atoms with Gasteiger partial charge >= 0.3 is 5.97 Å². The Morgan fingerprint density at radius 2 is 2.24 bits per heavy atom. The van der Waals surface area contributed by atoms with Crippen molar-refractivity contribution in [3.05, 3.63) is 23.8 Å². The highest BCUT2D eigenvalue weighted by molar-refractivity contribution is 5.92. The van der Waals surface area contributed by atoms with Gasteiger partial charge in [0.25, 0.3) is 6.01 Å². The Morgan fingerprint density at radius 1 is 1.43 bits per heavy atom. The maximum atomic E-state index is 10.9. The summed E-state index contributed by atoms with van der Waals surface area (Å²) in [5.41, 5.74) is 1.29. The fraction of sp³-hybridized carbons (Fsp3) is 0.467. The maximum Gasteiger partial charge on any atom is 0.335 e. The summed E-state index contributed by atoms with van der Waals surface area (Å²) in [6, 6.07) is 5.02. The van der Waals surface area contributed by atoms with Crippen LogP contribution in [0.25, 0.3) is 11.1 Å². The number of oxazole rings is 1. The van der Waals surface area contributed by atoms with Gasteiger partial charge in [0.05, 0.1) is 18.3 Å². The van der Waals surface area contributed by atoms with Gasteiger partial charge in [-0.05, 0) is 31.0 Å². The highest BCUT2D eigenvalue weighted by Crippen LogP contribution is 2.21. The highest BCUT2D eigenvalue weighted by Gasteiger charge is 2.15. The number of fused-ring (bicyclic) bond motifs is 1. The second kappa shape index (κ2) is 6.13. The van der Waals surface area contributed by atoms with E-state index in [2.05, 4.69) is 10.3 Å². The molecule has 1 aliphatic carbocycles. The van der Waals surface area contributed by atoms with E-state index in [0.29, 0.717) is 36.4 Å². The van der Waals surface area contributed by atoms with E-state index in [0.717, 1.165) is 12.8 Å². The lowest BCUT2D eigenvalue weighted by atomic mass is 10.2. The van der Waals surface area contributed by atoms with Crippen molar-refractivity contribution in [2.45, 2.75) is 31.8 Å². The fourth-order valence-electron chi connectivity index (χ4n) is 2.57. The highest BCUT2D eigenvalue weighted by atomic mass is 16.5. The number of hydrogen-bond donors (Lipinski definition) is 2. The Morgan fingerprint density at radius 3 is 3.00 bits per heavy atom. The molecule has 0 bridgehead atoms. The molecule has 1 aliphatic rings. The predicted molar refractivity (Wildman–Crippen MR) is 77.7 cm³/mol. The lowest BCUT2D eigenvalue weighted by Gasteiger charge is -2.10. The molecule has 1 saturated carbocycles. The van der Waals surface area contributed by atoms with Crippen molar-refractivity contribution in [2.24, 2.45) is 0 Å². The summed E-state index contributed by atoms with van der Waals surface area (Å²) in [7, 11) is 0. The van der Waals surface area contributed by atoms with Crippen LogP contribution in [0, 0.1) is 0 Å². The third-order valence-corrected chi connectivity index (χ3v) is 3.67. The molecule has 1 aromatic carbocycles. The Hall–Kier alpha value is -2.08. The van der Waals surface area contributed by atoms with Crippen molar-refractivity contribution < 1.29 is 19.1 Å². The first-order chi connectivity index (χ1) is 10.2. The molecule has 3 rings (SSSR count). The molecule has 6 heteroatoms. The molecule has 6 nitrogen and oxygen atoms in total. The molecule has 0 atom stereocenters. The van der Waals surface area contributed by atoms with Crippen LogP contribution in [0.1, 0.15) is 36.0 Å². The van der Waals surface area contributed by atoms with E-state index in [1.54, 1.807) is 6.07 Å². The lowest BCUT2D eigenvalue weighted by molar-refractivity contribution is 0.0656. The molecule has 0 unspecified atom stereocenters. The minimum atomic E-state index is -0.979. The number of anilines is 1. The third kappa shape index (κ3) is 3.33. The Bertz CT molecular complexity index is 632. The Labute approximate surface area is 122 Å². The van der Waals surface area contributed by atoms with Gasteiger partial charge in [-0.2, -0.15) is 4.98 Å². The number of nitrogens with one attached hydrogen (secondary N) is 1. The molecule has 21 heavy (non-hydrogen) atoms. The zero-order chi connectivity index (χ0) is 14.7. The molecule has 1 fully saturated rings. The summed E-state index contributed by atoms with van der Waals surface area (Å²) in [5, 5.41) is 12.0. The number of carboxylic acid groups (broad SMARTS) is 1. The topological polar surface area (TPSA) is 84.6 Å². The van der Waals surface area contributed by atoms with Crippen LogP contribution < -0.4 is 5.32 Å². The summed E-state index contributed by atoms with van der Waals surface area (Å²) in [4.78, 5) is 15.2. The second-order valence-corrected chi connectivity index (χ2v) is 5.21. The zero-order valence-corrected chi connectivity index (χ0v) is 11.7. The number of benzene rings is 1. The van der Waals surface area contributed by atoms with Gasteiger partial charge in [0.15, 0.2) is 5.58 Å². The number of carbonyl (C=O) groups is 1. The molecular weight excluding hydrogens is 272 g/mol. The summed E-state index contributed by atoms with van der Waals surface area (Å²) >= 11 is 0. The Balaban J connectivity index is 1.55. The summed E-state index contributed by atoms with van der Waals surface area (Å²) in [6.07, 6.45) is 5.22. The minimum Gasteiger partial charge on any atom is -0.478 e. The van der Waals surface area contributed by atoms with Crippen LogP contribution in [-0.2, 0) is 4.74 Å². The van der Waals surface area contributed by atoms with Crippen LogP contribution in [0.5, 0.6) is 0 Å². The second-order valence-electron chi connectivity index (χ2n) is 5.21. The van der Waals surface area contributed by atoms with Gasteiger partial charge < -0.3 is 19.6 Å². The summed E-state index contributed by atoms with van der Waals surface area (Å²) in [6.45, 7) is 1.23. The van der Waals surface area contributed by atoms with Crippen molar-refractivity contribution in [3.63, 3.8) is 0 Å². The minimum absolute atomic E-state index is 0.190. The van der Waals surface area contributed by atoms with Gasteiger partial charge in [-0.3, -0.25) is 0 Å². The number of carboxylic acids is 1. The van der Waals surface area contributed by atoms with Crippen molar-refractivity contribution >= 4 is 23.1 Å². The summed E-state index contributed by atoms with van der Waals surface area (Å²) in [5.74, 6) is -0.979. The number of rotatable bonds is 6. The van der Waals surface area contributed by atoms with Gasteiger partial charge in [0.2, 0.25) is 0 Å². The SMILES string of the molecule is O=C(O)c1ccc2nc(NCCOC3CCCC3)oc2c1. The molecule has 2 N–H and O–H groups in total. The lowest BCUT2D eigenvalue weighted by Crippen LogP contribution is -2.15. The van der Waals surface area contributed by atoms with Gasteiger partial charge in [-0.1, -0.05) is 12.8 Å².